The monoisotopic (exact) mass is 247 g/mol. The number of aliphatic hydroxyl groups excluding tert-OH is 1. The van der Waals surface area contributed by atoms with Crippen LogP contribution in [0.5, 0.6) is 11.5 Å². The third kappa shape index (κ3) is 4.26. The first kappa shape index (κ1) is 15.0. The van der Waals surface area contributed by atoms with E-state index in [2.05, 4.69) is 5.32 Å². The summed E-state index contributed by atoms with van der Waals surface area (Å²) in [5.41, 5.74) is 0.582. The SMILES string of the molecule is CC(C)NC[C@@H](O)c1ccc(O)c(O)c1.Cl. The minimum absolute atomic E-state index is 0. The van der Waals surface area contributed by atoms with Gasteiger partial charge in [-0.25, -0.2) is 0 Å². The average Bonchev–Trinajstić information content (AvgIpc) is 2.18. The van der Waals surface area contributed by atoms with Crippen LogP contribution in [0.4, 0.5) is 0 Å². The van der Waals surface area contributed by atoms with Crippen molar-refractivity contribution in [2.75, 3.05) is 6.54 Å². The van der Waals surface area contributed by atoms with E-state index in [0.29, 0.717) is 18.2 Å². The highest BCUT2D eigenvalue weighted by atomic mass is 35.5. The second kappa shape index (κ2) is 6.58. The third-order valence-corrected chi connectivity index (χ3v) is 2.10. The van der Waals surface area contributed by atoms with Crippen LogP contribution < -0.4 is 5.32 Å². The molecule has 4 nitrogen and oxygen atoms in total. The van der Waals surface area contributed by atoms with Crippen LogP contribution in [0.2, 0.25) is 0 Å². The number of rotatable bonds is 4. The lowest BCUT2D eigenvalue weighted by molar-refractivity contribution is 0.171. The zero-order valence-corrected chi connectivity index (χ0v) is 10.2. The van der Waals surface area contributed by atoms with Gasteiger partial charge in [-0.2, -0.15) is 0 Å². The molecular weight excluding hydrogens is 230 g/mol. The number of aromatic hydroxyl groups is 2. The summed E-state index contributed by atoms with van der Waals surface area (Å²) in [6.45, 7) is 4.39. The molecule has 0 heterocycles. The highest BCUT2D eigenvalue weighted by Crippen LogP contribution is 2.27. The molecule has 92 valence electrons. The van der Waals surface area contributed by atoms with Gasteiger partial charge in [-0.1, -0.05) is 19.9 Å². The van der Waals surface area contributed by atoms with E-state index in [1.807, 2.05) is 13.8 Å². The van der Waals surface area contributed by atoms with Gasteiger partial charge in [0, 0.05) is 12.6 Å². The van der Waals surface area contributed by atoms with Crippen LogP contribution in [0, 0.1) is 0 Å². The standard InChI is InChI=1S/C11H17NO3.ClH/c1-7(2)12-6-11(15)8-3-4-9(13)10(14)5-8;/h3-5,7,11-15H,6H2,1-2H3;1H/t11-;/m1./s1. The van der Waals surface area contributed by atoms with Gasteiger partial charge in [0.25, 0.3) is 0 Å². The Bertz CT molecular complexity index is 331. The zero-order chi connectivity index (χ0) is 11.4. The smallest absolute Gasteiger partial charge is 0.157 e. The predicted molar refractivity (Wildman–Crippen MR) is 65.1 cm³/mol. The van der Waals surface area contributed by atoms with E-state index in [9.17, 15) is 10.2 Å². The summed E-state index contributed by atoms with van der Waals surface area (Å²) in [5.74, 6) is -0.390. The molecule has 0 radical (unpaired) electrons. The first-order valence-electron chi connectivity index (χ1n) is 4.94. The Hall–Kier alpha value is -0.970. The number of hydrogen-bond donors (Lipinski definition) is 4. The molecule has 0 bridgehead atoms. The van der Waals surface area contributed by atoms with Gasteiger partial charge in [0.05, 0.1) is 6.10 Å². The van der Waals surface area contributed by atoms with E-state index in [0.717, 1.165) is 0 Å². The Morgan fingerprint density at radius 3 is 2.31 bits per heavy atom. The fraction of sp³-hybridized carbons (Fsp3) is 0.455. The molecule has 1 rings (SSSR count). The number of phenolic OH excluding ortho intramolecular Hbond substituents is 2. The van der Waals surface area contributed by atoms with Crippen molar-refractivity contribution in [3.8, 4) is 11.5 Å². The average molecular weight is 248 g/mol. The van der Waals surface area contributed by atoms with Gasteiger partial charge in [-0.15, -0.1) is 12.4 Å². The van der Waals surface area contributed by atoms with Gasteiger partial charge in [0.1, 0.15) is 0 Å². The van der Waals surface area contributed by atoms with E-state index in [4.69, 9.17) is 5.11 Å². The molecule has 0 saturated carbocycles. The summed E-state index contributed by atoms with van der Waals surface area (Å²) in [4.78, 5) is 0. The summed E-state index contributed by atoms with van der Waals surface area (Å²) >= 11 is 0. The van der Waals surface area contributed by atoms with Crippen molar-refractivity contribution in [2.45, 2.75) is 26.0 Å². The molecule has 0 unspecified atom stereocenters. The van der Waals surface area contributed by atoms with E-state index in [1.165, 1.54) is 12.1 Å². The lowest BCUT2D eigenvalue weighted by Crippen LogP contribution is -2.27. The Morgan fingerprint density at radius 1 is 1.19 bits per heavy atom. The van der Waals surface area contributed by atoms with E-state index >= 15 is 0 Å². The summed E-state index contributed by atoms with van der Waals surface area (Å²) < 4.78 is 0. The Balaban J connectivity index is 0.00000225. The van der Waals surface area contributed by atoms with E-state index in [-0.39, 0.29) is 23.9 Å². The minimum Gasteiger partial charge on any atom is -0.504 e. The number of benzene rings is 1. The predicted octanol–water partition coefficient (Wildman–Crippen LogP) is 1.55. The molecule has 0 aliphatic carbocycles. The van der Waals surface area contributed by atoms with Crippen molar-refractivity contribution in [3.63, 3.8) is 0 Å². The van der Waals surface area contributed by atoms with Gasteiger partial charge in [0.2, 0.25) is 0 Å². The molecule has 0 fully saturated rings. The van der Waals surface area contributed by atoms with Crippen LogP contribution >= 0.6 is 12.4 Å². The topological polar surface area (TPSA) is 72.7 Å². The molecule has 16 heavy (non-hydrogen) atoms. The van der Waals surface area contributed by atoms with Crippen molar-refractivity contribution < 1.29 is 15.3 Å². The highest BCUT2D eigenvalue weighted by Gasteiger charge is 2.10. The molecule has 5 heteroatoms. The van der Waals surface area contributed by atoms with Crippen molar-refractivity contribution >= 4 is 12.4 Å². The lowest BCUT2D eigenvalue weighted by atomic mass is 10.1. The summed E-state index contributed by atoms with van der Waals surface area (Å²) in [6, 6.07) is 4.61. The van der Waals surface area contributed by atoms with Crippen LogP contribution in [-0.4, -0.2) is 27.9 Å². The second-order valence-electron chi connectivity index (χ2n) is 3.83. The van der Waals surface area contributed by atoms with E-state index in [1.54, 1.807) is 6.07 Å². The van der Waals surface area contributed by atoms with Gasteiger partial charge in [0.15, 0.2) is 11.5 Å². The second-order valence-corrected chi connectivity index (χ2v) is 3.83. The number of aliphatic hydroxyl groups is 1. The van der Waals surface area contributed by atoms with Gasteiger partial charge >= 0.3 is 0 Å². The Kier molecular flexibility index (Phi) is 6.18. The van der Waals surface area contributed by atoms with Gasteiger partial charge in [-0.3, -0.25) is 0 Å². The quantitative estimate of drug-likeness (QED) is 0.610. The van der Waals surface area contributed by atoms with E-state index < -0.39 is 6.10 Å². The number of halogens is 1. The maximum Gasteiger partial charge on any atom is 0.157 e. The molecule has 0 aliphatic heterocycles. The van der Waals surface area contributed by atoms with Crippen LogP contribution in [0.1, 0.15) is 25.5 Å². The summed E-state index contributed by atoms with van der Waals surface area (Å²) in [7, 11) is 0. The van der Waals surface area contributed by atoms with Gasteiger partial charge in [-0.05, 0) is 17.7 Å². The van der Waals surface area contributed by atoms with Crippen molar-refractivity contribution in [3.05, 3.63) is 23.8 Å². The number of hydrogen-bond acceptors (Lipinski definition) is 4. The largest absolute Gasteiger partial charge is 0.504 e. The number of phenols is 2. The maximum absolute atomic E-state index is 9.73. The first-order chi connectivity index (χ1) is 7.00. The maximum atomic E-state index is 9.73. The fourth-order valence-corrected chi connectivity index (χ4v) is 1.21. The minimum atomic E-state index is -0.682. The molecular formula is C11H18ClNO3. The van der Waals surface area contributed by atoms with Crippen LogP contribution in [0.15, 0.2) is 18.2 Å². The van der Waals surface area contributed by atoms with Crippen LogP contribution in [0.3, 0.4) is 0 Å². The molecule has 1 aromatic carbocycles. The Morgan fingerprint density at radius 2 is 1.81 bits per heavy atom. The van der Waals surface area contributed by atoms with Crippen molar-refractivity contribution in [1.82, 2.24) is 5.32 Å². The number of nitrogens with one attached hydrogen (secondary N) is 1. The van der Waals surface area contributed by atoms with Gasteiger partial charge < -0.3 is 20.6 Å². The molecule has 4 N–H and O–H groups in total. The zero-order valence-electron chi connectivity index (χ0n) is 9.34. The van der Waals surface area contributed by atoms with Crippen molar-refractivity contribution in [1.29, 1.82) is 0 Å². The normalized spacial score (nSPS) is 12.2. The molecule has 0 amide bonds. The molecule has 0 spiro atoms. The molecule has 1 atom stereocenters. The molecule has 1 aromatic rings. The van der Waals surface area contributed by atoms with Crippen molar-refractivity contribution in [2.24, 2.45) is 0 Å². The van der Waals surface area contributed by atoms with Crippen LogP contribution in [0.25, 0.3) is 0 Å². The van der Waals surface area contributed by atoms with Crippen LogP contribution in [-0.2, 0) is 0 Å². The molecule has 0 saturated heterocycles. The lowest BCUT2D eigenvalue weighted by Gasteiger charge is -2.14. The fourth-order valence-electron chi connectivity index (χ4n) is 1.21. The molecule has 0 aromatic heterocycles. The first-order valence-corrected chi connectivity index (χ1v) is 4.94. The highest BCUT2D eigenvalue weighted by molar-refractivity contribution is 5.85. The Labute approximate surface area is 101 Å². The summed E-state index contributed by atoms with van der Waals surface area (Å²) in [6.07, 6.45) is -0.682. The molecule has 0 aliphatic rings. The summed E-state index contributed by atoms with van der Waals surface area (Å²) in [5, 5.41) is 31.2. The third-order valence-electron chi connectivity index (χ3n) is 2.10.